The fourth-order valence-corrected chi connectivity index (χ4v) is 1.90. The van der Waals surface area contributed by atoms with Gasteiger partial charge >= 0.3 is 0 Å². The van der Waals surface area contributed by atoms with Crippen LogP contribution in [0, 0.1) is 20.8 Å². The van der Waals surface area contributed by atoms with Gasteiger partial charge in [0.2, 0.25) is 0 Å². The third-order valence-corrected chi connectivity index (χ3v) is 2.69. The van der Waals surface area contributed by atoms with Crippen molar-refractivity contribution in [2.75, 3.05) is 0 Å². The molecule has 15 heavy (non-hydrogen) atoms. The largest absolute Gasteiger partial charge is 0.0620 e. The lowest BCUT2D eigenvalue weighted by Crippen LogP contribution is -1.87. The lowest BCUT2D eigenvalue weighted by Gasteiger charge is -2.09. The van der Waals surface area contributed by atoms with Gasteiger partial charge in [-0.25, -0.2) is 0 Å². The Bertz CT molecular complexity index is 481. The van der Waals surface area contributed by atoms with Crippen LogP contribution in [0.25, 0.3) is 11.1 Å². The summed E-state index contributed by atoms with van der Waals surface area (Å²) in [5, 5.41) is 0. The van der Waals surface area contributed by atoms with Crippen molar-refractivity contribution in [1.29, 1.82) is 0 Å². The van der Waals surface area contributed by atoms with Crippen molar-refractivity contribution >= 4 is 0 Å². The van der Waals surface area contributed by atoms with Gasteiger partial charge in [-0.1, -0.05) is 48.0 Å². The standard InChI is InChI=1S/C15H15/c1-11-8-9-15(13(3)10-11)14-7-5-4-6-12(14)2/h4-10H,2H2,1,3H3. The molecule has 0 saturated heterocycles. The van der Waals surface area contributed by atoms with Gasteiger partial charge in [-0.05, 0) is 43.0 Å². The Hall–Kier alpha value is -1.56. The van der Waals surface area contributed by atoms with E-state index in [9.17, 15) is 0 Å². The minimum Gasteiger partial charge on any atom is -0.0620 e. The topological polar surface area (TPSA) is 0 Å². The van der Waals surface area contributed by atoms with Crippen LogP contribution in [0.4, 0.5) is 0 Å². The van der Waals surface area contributed by atoms with Gasteiger partial charge in [-0.15, -0.1) is 0 Å². The van der Waals surface area contributed by atoms with Gasteiger partial charge in [0.25, 0.3) is 0 Å². The average molecular weight is 195 g/mol. The summed E-state index contributed by atoms with van der Waals surface area (Å²) in [7, 11) is 0. The molecule has 0 fully saturated rings. The summed E-state index contributed by atoms with van der Waals surface area (Å²) in [4.78, 5) is 0. The Morgan fingerprint density at radius 3 is 2.27 bits per heavy atom. The van der Waals surface area contributed by atoms with E-state index in [-0.39, 0.29) is 0 Å². The second-order valence-electron chi connectivity index (χ2n) is 3.98. The molecule has 0 saturated carbocycles. The van der Waals surface area contributed by atoms with Crippen LogP contribution < -0.4 is 0 Å². The maximum Gasteiger partial charge on any atom is -0.0149 e. The van der Waals surface area contributed by atoms with E-state index in [1.54, 1.807) is 0 Å². The maximum absolute atomic E-state index is 4.06. The van der Waals surface area contributed by atoms with Gasteiger partial charge in [0.1, 0.15) is 0 Å². The summed E-state index contributed by atoms with van der Waals surface area (Å²) in [6.45, 7) is 8.33. The third-order valence-electron chi connectivity index (χ3n) is 2.69. The van der Waals surface area contributed by atoms with Crippen LogP contribution in [0.1, 0.15) is 16.7 Å². The Balaban J connectivity index is 2.60. The second-order valence-corrected chi connectivity index (χ2v) is 3.98. The van der Waals surface area contributed by atoms with Gasteiger partial charge in [-0.2, -0.15) is 0 Å². The first-order chi connectivity index (χ1) is 7.18. The molecule has 0 atom stereocenters. The van der Waals surface area contributed by atoms with Gasteiger partial charge in [0.15, 0.2) is 0 Å². The zero-order valence-corrected chi connectivity index (χ0v) is 9.25. The van der Waals surface area contributed by atoms with Gasteiger partial charge in [-0.3, -0.25) is 0 Å². The molecule has 0 aliphatic heterocycles. The van der Waals surface area contributed by atoms with Crippen molar-refractivity contribution in [3.63, 3.8) is 0 Å². The van der Waals surface area contributed by atoms with Gasteiger partial charge in [0, 0.05) is 0 Å². The van der Waals surface area contributed by atoms with Crippen molar-refractivity contribution in [2.45, 2.75) is 13.8 Å². The van der Waals surface area contributed by atoms with Crippen molar-refractivity contribution in [1.82, 2.24) is 0 Å². The minimum absolute atomic E-state index is 1.09. The summed E-state index contributed by atoms with van der Waals surface area (Å²) in [6.07, 6.45) is 0. The van der Waals surface area contributed by atoms with Gasteiger partial charge in [0.05, 0.1) is 0 Å². The molecule has 2 aromatic carbocycles. The normalized spacial score (nSPS) is 10.3. The molecule has 0 heteroatoms. The SMILES string of the molecule is [CH2]c1ccccc1-c1ccc(C)cc1C. The highest BCUT2D eigenvalue weighted by atomic mass is 14.1. The molecule has 0 aromatic heterocycles. The number of hydrogen-bond acceptors (Lipinski definition) is 0. The monoisotopic (exact) mass is 195 g/mol. The predicted molar refractivity (Wildman–Crippen MR) is 65.8 cm³/mol. The molecule has 0 bridgehead atoms. The van der Waals surface area contributed by atoms with Crippen LogP contribution in [0.3, 0.4) is 0 Å². The van der Waals surface area contributed by atoms with Crippen molar-refractivity contribution < 1.29 is 0 Å². The molecular weight excluding hydrogens is 180 g/mol. The molecular formula is C15H15. The van der Waals surface area contributed by atoms with Crippen molar-refractivity contribution in [3.05, 3.63) is 66.1 Å². The lowest BCUT2D eigenvalue weighted by molar-refractivity contribution is 1.38. The fraction of sp³-hybridized carbons (Fsp3) is 0.133. The fourth-order valence-electron chi connectivity index (χ4n) is 1.90. The molecule has 75 valence electrons. The van der Waals surface area contributed by atoms with Crippen LogP contribution in [0.2, 0.25) is 0 Å². The van der Waals surface area contributed by atoms with E-state index in [4.69, 9.17) is 0 Å². The quantitative estimate of drug-likeness (QED) is 0.641. The van der Waals surface area contributed by atoms with Crippen LogP contribution in [0.5, 0.6) is 0 Å². The van der Waals surface area contributed by atoms with Crippen molar-refractivity contribution in [3.8, 4) is 11.1 Å². The number of hydrogen-bond donors (Lipinski definition) is 0. The van der Waals surface area contributed by atoms with Crippen LogP contribution in [-0.2, 0) is 0 Å². The van der Waals surface area contributed by atoms with E-state index >= 15 is 0 Å². The molecule has 2 rings (SSSR count). The summed E-state index contributed by atoms with van der Waals surface area (Å²) in [6, 6.07) is 14.8. The average Bonchev–Trinajstić information content (AvgIpc) is 2.20. The van der Waals surface area contributed by atoms with E-state index in [2.05, 4.69) is 57.2 Å². The molecule has 0 nitrogen and oxygen atoms in total. The molecule has 0 unspecified atom stereocenters. The maximum atomic E-state index is 4.06. The molecule has 0 spiro atoms. The Morgan fingerprint density at radius 2 is 1.60 bits per heavy atom. The van der Waals surface area contributed by atoms with E-state index in [1.165, 1.54) is 22.3 Å². The summed E-state index contributed by atoms with van der Waals surface area (Å²) in [5.41, 5.74) is 6.22. The Labute approximate surface area is 91.6 Å². The Morgan fingerprint density at radius 1 is 0.867 bits per heavy atom. The summed E-state index contributed by atoms with van der Waals surface area (Å²) < 4.78 is 0. The second kappa shape index (κ2) is 3.90. The molecule has 1 radical (unpaired) electrons. The first kappa shape index (κ1) is 9.97. The van der Waals surface area contributed by atoms with Crippen LogP contribution in [0.15, 0.2) is 42.5 Å². The molecule has 0 heterocycles. The highest BCUT2D eigenvalue weighted by Crippen LogP contribution is 2.26. The molecule has 2 aromatic rings. The van der Waals surface area contributed by atoms with E-state index in [0.29, 0.717) is 0 Å². The van der Waals surface area contributed by atoms with E-state index in [0.717, 1.165) is 5.56 Å². The molecule has 0 aliphatic rings. The molecule has 0 amide bonds. The highest BCUT2D eigenvalue weighted by Gasteiger charge is 2.03. The highest BCUT2D eigenvalue weighted by molar-refractivity contribution is 5.71. The lowest BCUT2D eigenvalue weighted by atomic mass is 9.95. The third kappa shape index (κ3) is 1.94. The van der Waals surface area contributed by atoms with Crippen molar-refractivity contribution in [2.24, 2.45) is 0 Å². The molecule has 0 N–H and O–H groups in total. The smallest absolute Gasteiger partial charge is 0.0149 e. The zero-order chi connectivity index (χ0) is 10.8. The summed E-state index contributed by atoms with van der Waals surface area (Å²) >= 11 is 0. The molecule has 0 aliphatic carbocycles. The number of rotatable bonds is 1. The van der Waals surface area contributed by atoms with Crippen LogP contribution in [-0.4, -0.2) is 0 Å². The first-order valence-corrected chi connectivity index (χ1v) is 5.17. The van der Waals surface area contributed by atoms with E-state index in [1.807, 2.05) is 6.07 Å². The summed E-state index contributed by atoms with van der Waals surface area (Å²) in [5.74, 6) is 0. The predicted octanol–water partition coefficient (Wildman–Crippen LogP) is 4.15. The van der Waals surface area contributed by atoms with E-state index < -0.39 is 0 Å². The number of aryl methyl sites for hydroxylation is 2. The van der Waals surface area contributed by atoms with Crippen LogP contribution >= 0.6 is 0 Å². The Kier molecular flexibility index (Phi) is 2.59. The van der Waals surface area contributed by atoms with Gasteiger partial charge < -0.3 is 0 Å². The number of benzene rings is 2. The first-order valence-electron chi connectivity index (χ1n) is 5.17. The minimum atomic E-state index is 1.09. The zero-order valence-electron chi connectivity index (χ0n) is 9.25.